The third-order valence-electron chi connectivity index (χ3n) is 5.69. The fraction of sp³-hybridized carbons (Fsp3) is 0.304. The standard InChI is InChI=1S/C23H22FNO4/c1-28-20-5-3-4-16(23(20)29-2)17-12-21(27)25-18-10-14(11-19(26)22(17)18)13-6-8-15(24)9-7-13/h3-9,14,17H,10-12H2,1-2H3,(H,25,27)/t14-,17+/m0/s1. The number of allylic oxidation sites excluding steroid dienone is 2. The van der Waals surface area contributed by atoms with Crippen molar-refractivity contribution in [3.8, 4) is 11.5 Å². The van der Waals surface area contributed by atoms with Crippen LogP contribution in [0.15, 0.2) is 53.7 Å². The van der Waals surface area contributed by atoms with E-state index in [-0.39, 0.29) is 35.8 Å². The van der Waals surface area contributed by atoms with Gasteiger partial charge in [0.2, 0.25) is 5.91 Å². The maximum atomic E-state index is 13.3. The highest BCUT2D eigenvalue weighted by atomic mass is 19.1. The number of carbonyl (C=O) groups is 2. The van der Waals surface area contributed by atoms with E-state index in [0.717, 1.165) is 11.1 Å². The Hall–Kier alpha value is -3.15. The zero-order valence-corrected chi connectivity index (χ0v) is 16.3. The topological polar surface area (TPSA) is 64.6 Å². The molecule has 29 heavy (non-hydrogen) atoms. The number of amides is 1. The zero-order chi connectivity index (χ0) is 20.5. The van der Waals surface area contributed by atoms with Crippen LogP contribution in [0.4, 0.5) is 4.39 Å². The molecule has 0 bridgehead atoms. The zero-order valence-electron chi connectivity index (χ0n) is 16.3. The average Bonchev–Trinajstić information content (AvgIpc) is 2.72. The van der Waals surface area contributed by atoms with Gasteiger partial charge in [0.1, 0.15) is 5.82 Å². The van der Waals surface area contributed by atoms with Crippen LogP contribution >= 0.6 is 0 Å². The molecule has 0 aromatic heterocycles. The lowest BCUT2D eigenvalue weighted by atomic mass is 9.73. The molecule has 1 heterocycles. The fourth-order valence-electron chi connectivity index (χ4n) is 4.38. The van der Waals surface area contributed by atoms with Gasteiger partial charge in [-0.05, 0) is 36.1 Å². The fourth-order valence-corrected chi connectivity index (χ4v) is 4.38. The van der Waals surface area contributed by atoms with E-state index in [1.54, 1.807) is 32.4 Å². The normalized spacial score (nSPS) is 21.5. The Morgan fingerprint density at radius 1 is 0.966 bits per heavy atom. The molecule has 0 spiro atoms. The second-order valence-electron chi connectivity index (χ2n) is 7.36. The summed E-state index contributed by atoms with van der Waals surface area (Å²) in [5.41, 5.74) is 2.95. The van der Waals surface area contributed by atoms with Gasteiger partial charge in [-0.1, -0.05) is 24.3 Å². The Balaban J connectivity index is 1.75. The van der Waals surface area contributed by atoms with Crippen molar-refractivity contribution in [2.45, 2.75) is 31.1 Å². The predicted molar refractivity (Wildman–Crippen MR) is 105 cm³/mol. The Kier molecular flexibility index (Phi) is 5.09. The number of para-hydroxylation sites is 1. The number of ether oxygens (including phenoxy) is 2. The van der Waals surface area contributed by atoms with E-state index in [9.17, 15) is 14.0 Å². The van der Waals surface area contributed by atoms with Crippen LogP contribution < -0.4 is 14.8 Å². The predicted octanol–water partition coefficient (Wildman–Crippen LogP) is 3.85. The van der Waals surface area contributed by atoms with Crippen LogP contribution in [-0.2, 0) is 9.59 Å². The first-order valence-corrected chi connectivity index (χ1v) is 9.54. The number of halogens is 1. The molecule has 2 aliphatic rings. The number of ketones is 1. The summed E-state index contributed by atoms with van der Waals surface area (Å²) in [5.74, 6) is 0.174. The van der Waals surface area contributed by atoms with Gasteiger partial charge >= 0.3 is 0 Å². The van der Waals surface area contributed by atoms with Gasteiger partial charge in [0.05, 0.1) is 14.2 Å². The summed E-state index contributed by atoms with van der Waals surface area (Å²) in [7, 11) is 3.10. The van der Waals surface area contributed by atoms with Gasteiger partial charge in [0.15, 0.2) is 17.3 Å². The molecule has 0 radical (unpaired) electrons. The van der Waals surface area contributed by atoms with Gasteiger partial charge in [-0.15, -0.1) is 0 Å². The Morgan fingerprint density at radius 3 is 2.41 bits per heavy atom. The van der Waals surface area contributed by atoms with E-state index >= 15 is 0 Å². The number of Topliss-reactive ketones (excluding diaryl/α,β-unsaturated/α-hetero) is 1. The van der Waals surface area contributed by atoms with Crippen molar-refractivity contribution in [2.75, 3.05) is 14.2 Å². The van der Waals surface area contributed by atoms with Gasteiger partial charge in [-0.3, -0.25) is 9.59 Å². The van der Waals surface area contributed by atoms with Crippen molar-refractivity contribution in [3.05, 3.63) is 70.7 Å². The van der Waals surface area contributed by atoms with E-state index in [2.05, 4.69) is 5.32 Å². The minimum Gasteiger partial charge on any atom is -0.493 e. The van der Waals surface area contributed by atoms with Crippen molar-refractivity contribution in [3.63, 3.8) is 0 Å². The summed E-state index contributed by atoms with van der Waals surface area (Å²) in [6.07, 6.45) is 1.03. The smallest absolute Gasteiger partial charge is 0.225 e. The molecule has 0 saturated carbocycles. The molecule has 2 aromatic carbocycles. The average molecular weight is 395 g/mol. The second kappa shape index (κ2) is 7.70. The molecule has 0 unspecified atom stereocenters. The number of methoxy groups -OCH3 is 2. The highest BCUT2D eigenvalue weighted by molar-refractivity contribution is 6.02. The number of nitrogens with one attached hydrogen (secondary N) is 1. The first-order valence-electron chi connectivity index (χ1n) is 9.54. The highest BCUT2D eigenvalue weighted by Crippen LogP contribution is 2.46. The van der Waals surface area contributed by atoms with E-state index < -0.39 is 0 Å². The van der Waals surface area contributed by atoms with Crippen molar-refractivity contribution in [1.29, 1.82) is 0 Å². The molecule has 0 fully saturated rings. The Labute approximate surface area is 168 Å². The summed E-state index contributed by atoms with van der Waals surface area (Å²) in [4.78, 5) is 25.6. The molecule has 4 rings (SSSR count). The van der Waals surface area contributed by atoms with E-state index in [1.807, 2.05) is 12.1 Å². The minimum atomic E-state index is -0.384. The lowest BCUT2D eigenvalue weighted by Gasteiger charge is -2.35. The third-order valence-corrected chi connectivity index (χ3v) is 5.69. The molecule has 1 aliphatic heterocycles. The van der Waals surface area contributed by atoms with Crippen molar-refractivity contribution >= 4 is 11.7 Å². The van der Waals surface area contributed by atoms with Crippen LogP contribution in [0.25, 0.3) is 0 Å². The lowest BCUT2D eigenvalue weighted by molar-refractivity contribution is -0.122. The van der Waals surface area contributed by atoms with Gasteiger partial charge in [-0.2, -0.15) is 0 Å². The highest BCUT2D eigenvalue weighted by Gasteiger charge is 2.39. The largest absolute Gasteiger partial charge is 0.493 e. The number of carbonyl (C=O) groups excluding carboxylic acids is 2. The molecular formula is C23H22FNO4. The lowest BCUT2D eigenvalue weighted by Crippen LogP contribution is -2.38. The third kappa shape index (κ3) is 3.50. The van der Waals surface area contributed by atoms with Crippen LogP contribution in [0.5, 0.6) is 11.5 Å². The summed E-state index contributed by atoms with van der Waals surface area (Å²) in [6.45, 7) is 0. The first-order chi connectivity index (χ1) is 14.0. The minimum absolute atomic E-state index is 0.00421. The van der Waals surface area contributed by atoms with Crippen LogP contribution in [0, 0.1) is 5.82 Å². The maximum absolute atomic E-state index is 13.3. The van der Waals surface area contributed by atoms with Gasteiger partial charge < -0.3 is 14.8 Å². The molecule has 0 saturated heterocycles. The summed E-state index contributed by atoms with van der Waals surface area (Å²) >= 11 is 0. The molecule has 1 N–H and O–H groups in total. The number of hydrogen-bond donors (Lipinski definition) is 1. The van der Waals surface area contributed by atoms with E-state index in [0.29, 0.717) is 35.6 Å². The summed E-state index contributed by atoms with van der Waals surface area (Å²) in [5, 5.41) is 2.90. The summed E-state index contributed by atoms with van der Waals surface area (Å²) in [6, 6.07) is 11.7. The van der Waals surface area contributed by atoms with E-state index in [1.165, 1.54) is 12.1 Å². The molecule has 2 aromatic rings. The van der Waals surface area contributed by atoms with Crippen molar-refractivity contribution in [1.82, 2.24) is 5.32 Å². The Morgan fingerprint density at radius 2 is 1.72 bits per heavy atom. The molecular weight excluding hydrogens is 373 g/mol. The summed E-state index contributed by atoms with van der Waals surface area (Å²) < 4.78 is 24.2. The number of hydrogen-bond acceptors (Lipinski definition) is 4. The SMILES string of the molecule is COc1cccc([C@H]2CC(=O)NC3=C2C(=O)C[C@@H](c2ccc(F)cc2)C3)c1OC. The van der Waals surface area contributed by atoms with Crippen molar-refractivity contribution in [2.24, 2.45) is 0 Å². The van der Waals surface area contributed by atoms with Gasteiger partial charge in [0.25, 0.3) is 0 Å². The maximum Gasteiger partial charge on any atom is 0.225 e. The number of rotatable bonds is 4. The van der Waals surface area contributed by atoms with Crippen LogP contribution in [0.1, 0.15) is 42.2 Å². The van der Waals surface area contributed by atoms with Gasteiger partial charge in [0, 0.05) is 35.6 Å². The van der Waals surface area contributed by atoms with Crippen LogP contribution in [-0.4, -0.2) is 25.9 Å². The van der Waals surface area contributed by atoms with Gasteiger partial charge in [-0.25, -0.2) is 4.39 Å². The Bertz CT molecular complexity index is 996. The van der Waals surface area contributed by atoms with Crippen LogP contribution in [0.3, 0.4) is 0 Å². The quantitative estimate of drug-likeness (QED) is 0.854. The van der Waals surface area contributed by atoms with Crippen LogP contribution in [0.2, 0.25) is 0 Å². The first kappa shape index (κ1) is 19.2. The molecule has 5 nitrogen and oxygen atoms in total. The molecule has 1 amide bonds. The molecule has 150 valence electrons. The molecule has 6 heteroatoms. The second-order valence-corrected chi connectivity index (χ2v) is 7.36. The monoisotopic (exact) mass is 395 g/mol. The van der Waals surface area contributed by atoms with E-state index in [4.69, 9.17) is 9.47 Å². The number of benzene rings is 2. The molecule has 2 atom stereocenters. The molecule has 1 aliphatic carbocycles. The van der Waals surface area contributed by atoms with Crippen molar-refractivity contribution < 1.29 is 23.5 Å².